The zero-order valence-corrected chi connectivity index (χ0v) is 8.26. The van der Waals surface area contributed by atoms with E-state index in [1.165, 1.54) is 6.07 Å². The van der Waals surface area contributed by atoms with Gasteiger partial charge in [-0.25, -0.2) is 8.78 Å². The van der Waals surface area contributed by atoms with Gasteiger partial charge in [0, 0.05) is 11.6 Å². The van der Waals surface area contributed by atoms with Crippen molar-refractivity contribution in [2.24, 2.45) is 5.73 Å². The minimum Gasteiger partial charge on any atom is -0.324 e. The molecule has 0 amide bonds. The molecule has 0 spiro atoms. The minimum atomic E-state index is -0.825. The highest BCUT2D eigenvalue weighted by molar-refractivity contribution is 5.22. The Labute approximate surface area is 82.9 Å². The Morgan fingerprint density at radius 2 is 2.07 bits per heavy atom. The number of unbranched alkanes of at least 4 members (excludes halogenated alkanes) is 1. The third kappa shape index (κ3) is 2.51. The van der Waals surface area contributed by atoms with Crippen molar-refractivity contribution in [3.05, 3.63) is 35.4 Å². The molecule has 0 radical (unpaired) electrons. The fraction of sp³-hybridized carbons (Fsp3) is 0.455. The van der Waals surface area contributed by atoms with Crippen molar-refractivity contribution in [3.63, 3.8) is 0 Å². The molecule has 2 N–H and O–H groups in total. The lowest BCUT2D eigenvalue weighted by molar-refractivity contribution is 0.480. The maximum atomic E-state index is 13.2. The summed E-state index contributed by atoms with van der Waals surface area (Å²) in [7, 11) is 0. The first-order valence-electron chi connectivity index (χ1n) is 4.86. The lowest BCUT2D eigenvalue weighted by atomic mass is 10.0. The maximum Gasteiger partial charge on any atom is 0.163 e. The predicted octanol–water partition coefficient (Wildman–Crippen LogP) is 3.15. The van der Waals surface area contributed by atoms with Crippen molar-refractivity contribution in [2.45, 2.75) is 32.2 Å². The molecule has 0 unspecified atom stereocenters. The first-order valence-corrected chi connectivity index (χ1v) is 4.86. The lowest BCUT2D eigenvalue weighted by Crippen LogP contribution is -2.12. The molecule has 3 heteroatoms. The lowest BCUT2D eigenvalue weighted by Gasteiger charge is -2.12. The number of nitrogens with two attached hydrogens (primary N) is 1. The number of hydrogen-bond donors (Lipinski definition) is 1. The van der Waals surface area contributed by atoms with Crippen molar-refractivity contribution in [1.29, 1.82) is 0 Å². The number of benzene rings is 1. The summed E-state index contributed by atoms with van der Waals surface area (Å²) >= 11 is 0. The molecular weight excluding hydrogens is 184 g/mol. The molecule has 1 atom stereocenters. The highest BCUT2D eigenvalue weighted by Gasteiger charge is 2.13. The van der Waals surface area contributed by atoms with Crippen LogP contribution in [-0.4, -0.2) is 0 Å². The van der Waals surface area contributed by atoms with Crippen LogP contribution in [0.2, 0.25) is 0 Å². The summed E-state index contributed by atoms with van der Waals surface area (Å²) in [6.45, 7) is 2.04. The third-order valence-corrected chi connectivity index (χ3v) is 2.25. The van der Waals surface area contributed by atoms with E-state index in [2.05, 4.69) is 0 Å². The fourth-order valence-corrected chi connectivity index (χ4v) is 1.39. The number of hydrogen-bond acceptors (Lipinski definition) is 1. The molecule has 1 aromatic carbocycles. The Morgan fingerprint density at radius 1 is 1.36 bits per heavy atom. The smallest absolute Gasteiger partial charge is 0.163 e. The van der Waals surface area contributed by atoms with Crippen LogP contribution in [0.3, 0.4) is 0 Å². The monoisotopic (exact) mass is 199 g/mol. The standard InChI is InChI=1S/C11H15F2N/c1-2-3-7-10(14)8-5-4-6-9(12)11(8)13/h4-6,10H,2-3,7,14H2,1H3/t10-/m0/s1. The highest BCUT2D eigenvalue weighted by Crippen LogP contribution is 2.21. The number of rotatable bonds is 4. The van der Waals surface area contributed by atoms with Gasteiger partial charge in [-0.05, 0) is 12.5 Å². The molecule has 0 saturated heterocycles. The summed E-state index contributed by atoms with van der Waals surface area (Å²) in [5.74, 6) is -1.63. The Bertz CT molecular complexity index is 299. The van der Waals surface area contributed by atoms with Gasteiger partial charge in [-0.1, -0.05) is 31.9 Å². The van der Waals surface area contributed by atoms with Crippen LogP contribution in [0.25, 0.3) is 0 Å². The minimum absolute atomic E-state index is 0.276. The van der Waals surface area contributed by atoms with Gasteiger partial charge in [-0.3, -0.25) is 0 Å². The van der Waals surface area contributed by atoms with Crippen molar-refractivity contribution >= 4 is 0 Å². The largest absolute Gasteiger partial charge is 0.324 e. The van der Waals surface area contributed by atoms with E-state index in [4.69, 9.17) is 5.73 Å². The normalized spacial score (nSPS) is 12.9. The van der Waals surface area contributed by atoms with Crippen LogP contribution in [0.5, 0.6) is 0 Å². The molecule has 14 heavy (non-hydrogen) atoms. The first-order chi connectivity index (χ1) is 6.66. The Balaban J connectivity index is 2.79. The second kappa shape index (κ2) is 5.05. The average molecular weight is 199 g/mol. The summed E-state index contributed by atoms with van der Waals surface area (Å²) < 4.78 is 26.1. The second-order valence-corrected chi connectivity index (χ2v) is 3.39. The molecule has 0 aliphatic heterocycles. The zero-order chi connectivity index (χ0) is 10.6. The fourth-order valence-electron chi connectivity index (χ4n) is 1.39. The molecule has 1 nitrogen and oxygen atoms in total. The number of halogens is 2. The quantitative estimate of drug-likeness (QED) is 0.792. The molecule has 78 valence electrons. The van der Waals surface area contributed by atoms with Crippen LogP contribution in [0, 0.1) is 11.6 Å². The van der Waals surface area contributed by atoms with E-state index in [1.807, 2.05) is 6.92 Å². The van der Waals surface area contributed by atoms with Crippen LogP contribution in [0.15, 0.2) is 18.2 Å². The molecule has 0 aromatic heterocycles. The predicted molar refractivity (Wildman–Crippen MR) is 52.8 cm³/mol. The molecule has 0 heterocycles. The summed E-state index contributed by atoms with van der Waals surface area (Å²) in [4.78, 5) is 0. The van der Waals surface area contributed by atoms with Crippen molar-refractivity contribution < 1.29 is 8.78 Å². The molecule has 1 rings (SSSR count). The molecule has 0 bridgehead atoms. The van der Waals surface area contributed by atoms with Gasteiger partial charge in [-0.15, -0.1) is 0 Å². The third-order valence-electron chi connectivity index (χ3n) is 2.25. The highest BCUT2D eigenvalue weighted by atomic mass is 19.2. The van der Waals surface area contributed by atoms with Crippen LogP contribution in [-0.2, 0) is 0 Å². The van der Waals surface area contributed by atoms with Gasteiger partial charge < -0.3 is 5.73 Å². The molecule has 0 aliphatic rings. The summed E-state index contributed by atoms with van der Waals surface area (Å²) in [5.41, 5.74) is 6.02. The Morgan fingerprint density at radius 3 is 2.71 bits per heavy atom. The molecule has 0 fully saturated rings. The topological polar surface area (TPSA) is 26.0 Å². The van der Waals surface area contributed by atoms with E-state index >= 15 is 0 Å². The Hall–Kier alpha value is -0.960. The van der Waals surface area contributed by atoms with Gasteiger partial charge in [-0.2, -0.15) is 0 Å². The van der Waals surface area contributed by atoms with Crippen molar-refractivity contribution in [3.8, 4) is 0 Å². The van der Waals surface area contributed by atoms with E-state index in [0.29, 0.717) is 6.42 Å². The van der Waals surface area contributed by atoms with E-state index in [-0.39, 0.29) is 5.56 Å². The van der Waals surface area contributed by atoms with E-state index in [9.17, 15) is 8.78 Å². The average Bonchev–Trinajstić information content (AvgIpc) is 2.18. The molecule has 0 aliphatic carbocycles. The van der Waals surface area contributed by atoms with Crippen LogP contribution in [0.4, 0.5) is 8.78 Å². The van der Waals surface area contributed by atoms with Gasteiger partial charge in [0.2, 0.25) is 0 Å². The molecular formula is C11H15F2N. The van der Waals surface area contributed by atoms with Gasteiger partial charge in [0.1, 0.15) is 0 Å². The van der Waals surface area contributed by atoms with E-state index in [1.54, 1.807) is 6.07 Å². The second-order valence-electron chi connectivity index (χ2n) is 3.39. The van der Waals surface area contributed by atoms with Gasteiger partial charge in [0.25, 0.3) is 0 Å². The van der Waals surface area contributed by atoms with Crippen LogP contribution >= 0.6 is 0 Å². The van der Waals surface area contributed by atoms with E-state index < -0.39 is 17.7 Å². The van der Waals surface area contributed by atoms with Gasteiger partial charge in [0.05, 0.1) is 0 Å². The maximum absolute atomic E-state index is 13.2. The SMILES string of the molecule is CCCC[C@H](N)c1cccc(F)c1F. The zero-order valence-electron chi connectivity index (χ0n) is 8.26. The van der Waals surface area contributed by atoms with Crippen molar-refractivity contribution in [1.82, 2.24) is 0 Å². The van der Waals surface area contributed by atoms with Gasteiger partial charge in [0.15, 0.2) is 11.6 Å². The van der Waals surface area contributed by atoms with Crippen molar-refractivity contribution in [2.75, 3.05) is 0 Å². The van der Waals surface area contributed by atoms with Gasteiger partial charge >= 0.3 is 0 Å². The molecule has 1 aromatic rings. The summed E-state index contributed by atoms with van der Waals surface area (Å²) in [6, 6.07) is 3.73. The summed E-state index contributed by atoms with van der Waals surface area (Å²) in [6.07, 6.45) is 2.62. The summed E-state index contributed by atoms with van der Waals surface area (Å²) in [5, 5.41) is 0. The first kappa shape index (κ1) is 11.1. The molecule has 0 saturated carbocycles. The Kier molecular flexibility index (Phi) is 4.01. The van der Waals surface area contributed by atoms with Crippen LogP contribution in [0.1, 0.15) is 37.8 Å². The van der Waals surface area contributed by atoms with E-state index in [0.717, 1.165) is 18.9 Å². The van der Waals surface area contributed by atoms with Crippen LogP contribution < -0.4 is 5.73 Å².